The molecule has 1 aliphatic rings. The van der Waals surface area contributed by atoms with Gasteiger partial charge in [0.15, 0.2) is 0 Å². The Bertz CT molecular complexity index is 1040. The smallest absolute Gasteiger partial charge is 0.329 e. The second-order valence-electron chi connectivity index (χ2n) is 8.66. The summed E-state index contributed by atoms with van der Waals surface area (Å²) in [5, 5.41) is 13.6. The molecular formula is C26H29FN2O3. The molecule has 168 valence electrons. The summed E-state index contributed by atoms with van der Waals surface area (Å²) in [6.07, 6.45) is 4.21. The largest absolute Gasteiger partial charge is 0.480 e. The first-order valence-electron chi connectivity index (χ1n) is 11.2. The third-order valence-corrected chi connectivity index (χ3v) is 6.28. The van der Waals surface area contributed by atoms with E-state index in [2.05, 4.69) is 16.8 Å². The van der Waals surface area contributed by atoms with E-state index in [0.717, 1.165) is 60.3 Å². The number of carbonyl (C=O) groups is 1. The van der Waals surface area contributed by atoms with Crippen molar-refractivity contribution in [2.45, 2.75) is 39.2 Å². The van der Waals surface area contributed by atoms with Gasteiger partial charge in [0, 0.05) is 17.7 Å². The fourth-order valence-corrected chi connectivity index (χ4v) is 4.70. The van der Waals surface area contributed by atoms with Crippen LogP contribution in [0.3, 0.4) is 0 Å². The Morgan fingerprint density at radius 2 is 1.69 bits per heavy atom. The van der Waals surface area contributed by atoms with Crippen LogP contribution in [-0.2, 0) is 16.1 Å². The number of halogens is 1. The summed E-state index contributed by atoms with van der Waals surface area (Å²) in [6.45, 7) is 3.14. The summed E-state index contributed by atoms with van der Waals surface area (Å²) in [4.78, 5) is 10.6. The molecule has 1 aliphatic carbocycles. The maximum atomic E-state index is 13.5. The van der Waals surface area contributed by atoms with Crippen LogP contribution < -0.4 is 0 Å². The third-order valence-electron chi connectivity index (χ3n) is 6.28. The molecule has 0 bridgehead atoms. The van der Waals surface area contributed by atoms with Crippen LogP contribution in [0.2, 0.25) is 0 Å². The minimum atomic E-state index is -0.918. The van der Waals surface area contributed by atoms with Gasteiger partial charge >= 0.3 is 5.97 Å². The van der Waals surface area contributed by atoms with Gasteiger partial charge in [-0.15, -0.1) is 0 Å². The van der Waals surface area contributed by atoms with E-state index in [0.29, 0.717) is 18.4 Å². The zero-order chi connectivity index (χ0) is 22.5. The second kappa shape index (κ2) is 10.1. The molecule has 4 rings (SSSR count). The van der Waals surface area contributed by atoms with Gasteiger partial charge in [0.25, 0.3) is 0 Å². The molecule has 0 unspecified atom stereocenters. The molecule has 2 aromatic carbocycles. The maximum absolute atomic E-state index is 13.5. The fourth-order valence-electron chi connectivity index (χ4n) is 4.70. The molecule has 1 saturated carbocycles. The van der Waals surface area contributed by atoms with E-state index < -0.39 is 5.97 Å². The lowest BCUT2D eigenvalue weighted by molar-refractivity contribution is -0.142. The van der Waals surface area contributed by atoms with Crippen molar-refractivity contribution < 1.29 is 19.0 Å². The number of aromatic nitrogens is 2. The lowest BCUT2D eigenvalue weighted by Crippen LogP contribution is -2.23. The number of hydrogen-bond donors (Lipinski definition) is 1. The normalized spacial score (nSPS) is 18.6. The summed E-state index contributed by atoms with van der Waals surface area (Å²) in [6, 6.07) is 16.9. The molecule has 0 radical (unpaired) electrons. The van der Waals surface area contributed by atoms with Crippen molar-refractivity contribution in [1.29, 1.82) is 0 Å². The highest BCUT2D eigenvalue weighted by Gasteiger charge is 2.25. The SMILES string of the molecule is Cc1nn(C[C@H]2CC[C@@H](COCC(=O)O)CC2)c(-c2ccccc2)c1-c1ccc(F)cc1. The van der Waals surface area contributed by atoms with E-state index in [1.54, 1.807) is 0 Å². The minimum absolute atomic E-state index is 0.223. The van der Waals surface area contributed by atoms with Crippen LogP contribution in [0.15, 0.2) is 54.6 Å². The van der Waals surface area contributed by atoms with Crippen molar-refractivity contribution in [3.05, 3.63) is 66.1 Å². The second-order valence-corrected chi connectivity index (χ2v) is 8.66. The quantitative estimate of drug-likeness (QED) is 0.501. The first kappa shape index (κ1) is 22.2. The van der Waals surface area contributed by atoms with Crippen molar-refractivity contribution in [2.75, 3.05) is 13.2 Å². The molecule has 0 saturated heterocycles. The number of aryl methyl sites for hydroxylation is 1. The summed E-state index contributed by atoms with van der Waals surface area (Å²) >= 11 is 0. The molecule has 5 nitrogen and oxygen atoms in total. The highest BCUT2D eigenvalue weighted by Crippen LogP contribution is 2.37. The van der Waals surface area contributed by atoms with Crippen molar-refractivity contribution >= 4 is 5.97 Å². The van der Waals surface area contributed by atoms with Gasteiger partial charge in [-0.1, -0.05) is 42.5 Å². The number of aliphatic carboxylic acids is 1. The standard InChI is InChI=1S/C26H29FN2O3/c1-18-25(21-11-13-23(27)14-12-21)26(22-5-3-2-4-6-22)29(28-18)15-19-7-9-20(10-8-19)16-32-17-24(30)31/h2-6,11-14,19-20H,7-10,15-17H2,1H3,(H,30,31)/t19-,20+. The summed E-state index contributed by atoms with van der Waals surface area (Å²) < 4.78 is 20.9. The summed E-state index contributed by atoms with van der Waals surface area (Å²) in [5.74, 6) is -0.232. The van der Waals surface area contributed by atoms with Crippen molar-refractivity contribution in [2.24, 2.45) is 11.8 Å². The zero-order valence-corrected chi connectivity index (χ0v) is 18.3. The Balaban J connectivity index is 1.54. The molecule has 0 aliphatic heterocycles. The molecule has 1 aromatic heterocycles. The van der Waals surface area contributed by atoms with Gasteiger partial charge in [0.2, 0.25) is 0 Å². The minimum Gasteiger partial charge on any atom is -0.480 e. The Kier molecular flexibility index (Phi) is 7.00. The maximum Gasteiger partial charge on any atom is 0.329 e. The highest BCUT2D eigenvalue weighted by molar-refractivity contribution is 5.83. The lowest BCUT2D eigenvalue weighted by atomic mass is 9.82. The molecule has 1 fully saturated rings. The molecule has 0 spiro atoms. The lowest BCUT2D eigenvalue weighted by Gasteiger charge is -2.28. The third kappa shape index (κ3) is 5.25. The molecule has 6 heteroatoms. The molecule has 3 aromatic rings. The van der Waals surface area contributed by atoms with Gasteiger partial charge in [-0.05, 0) is 62.1 Å². The fraction of sp³-hybridized carbons (Fsp3) is 0.385. The average Bonchev–Trinajstić information content (AvgIpc) is 3.11. The van der Waals surface area contributed by atoms with E-state index >= 15 is 0 Å². The van der Waals surface area contributed by atoms with Crippen molar-refractivity contribution in [3.8, 4) is 22.4 Å². The number of nitrogens with zero attached hydrogens (tertiary/aromatic N) is 2. The van der Waals surface area contributed by atoms with Crippen molar-refractivity contribution in [1.82, 2.24) is 9.78 Å². The van der Waals surface area contributed by atoms with E-state index in [1.807, 2.05) is 37.3 Å². The van der Waals surface area contributed by atoms with Crippen LogP contribution in [0.1, 0.15) is 31.4 Å². The van der Waals surface area contributed by atoms with Gasteiger partial charge in [-0.25, -0.2) is 9.18 Å². The number of benzene rings is 2. The van der Waals surface area contributed by atoms with E-state index in [-0.39, 0.29) is 12.4 Å². The molecule has 1 N–H and O–H groups in total. The van der Waals surface area contributed by atoms with E-state index in [9.17, 15) is 9.18 Å². The summed E-state index contributed by atoms with van der Waals surface area (Å²) in [5.41, 5.74) is 5.12. The Morgan fingerprint density at radius 1 is 1.03 bits per heavy atom. The first-order valence-corrected chi connectivity index (χ1v) is 11.2. The first-order chi connectivity index (χ1) is 15.5. The van der Waals surface area contributed by atoms with Crippen LogP contribution in [0.5, 0.6) is 0 Å². The Labute approximate surface area is 187 Å². The number of carboxylic acid groups (broad SMARTS) is 1. The van der Waals surface area contributed by atoms with Gasteiger partial charge in [0.05, 0.1) is 18.0 Å². The van der Waals surface area contributed by atoms with Crippen LogP contribution in [-0.4, -0.2) is 34.1 Å². The van der Waals surface area contributed by atoms with E-state index in [4.69, 9.17) is 14.9 Å². The molecular weight excluding hydrogens is 407 g/mol. The van der Waals surface area contributed by atoms with Gasteiger partial charge in [-0.3, -0.25) is 4.68 Å². The Morgan fingerprint density at radius 3 is 2.34 bits per heavy atom. The number of rotatable bonds is 8. The topological polar surface area (TPSA) is 64.4 Å². The van der Waals surface area contributed by atoms with E-state index in [1.165, 1.54) is 12.1 Å². The van der Waals surface area contributed by atoms with Gasteiger partial charge in [0.1, 0.15) is 12.4 Å². The number of hydrogen-bond acceptors (Lipinski definition) is 3. The zero-order valence-electron chi connectivity index (χ0n) is 18.3. The Hall–Kier alpha value is -2.99. The number of ether oxygens (including phenoxy) is 1. The molecule has 32 heavy (non-hydrogen) atoms. The van der Waals surface area contributed by atoms with Crippen LogP contribution in [0.25, 0.3) is 22.4 Å². The van der Waals surface area contributed by atoms with Crippen LogP contribution in [0.4, 0.5) is 4.39 Å². The average molecular weight is 437 g/mol. The monoisotopic (exact) mass is 436 g/mol. The van der Waals surface area contributed by atoms with Crippen molar-refractivity contribution in [3.63, 3.8) is 0 Å². The van der Waals surface area contributed by atoms with Crippen LogP contribution in [0, 0.1) is 24.6 Å². The molecule has 1 heterocycles. The van der Waals surface area contributed by atoms with Gasteiger partial charge < -0.3 is 9.84 Å². The predicted octanol–water partition coefficient (Wildman–Crippen LogP) is 5.57. The van der Waals surface area contributed by atoms with Gasteiger partial charge in [-0.2, -0.15) is 5.10 Å². The highest BCUT2D eigenvalue weighted by atomic mass is 19.1. The predicted molar refractivity (Wildman–Crippen MR) is 122 cm³/mol. The molecule has 0 atom stereocenters. The molecule has 0 amide bonds. The summed E-state index contributed by atoms with van der Waals surface area (Å²) in [7, 11) is 0. The number of carboxylic acids is 1. The van der Waals surface area contributed by atoms with Crippen LogP contribution >= 0.6 is 0 Å².